The minimum Gasteiger partial charge on any atom is -0.311 e. The first-order valence-corrected chi connectivity index (χ1v) is 20.7. The number of fused-ring (bicyclic) bond motifs is 2. The second-order valence-electron chi connectivity index (χ2n) is 13.8. The molecule has 1 aliphatic rings. The Balaban J connectivity index is 1.25. The molecule has 0 fully saturated rings. The molecular formula is C48H38N2Si. The average Bonchev–Trinajstić information content (AvgIpc) is 3.19. The fourth-order valence-electron chi connectivity index (χ4n) is 8.02. The van der Waals surface area contributed by atoms with Crippen LogP contribution < -0.4 is 20.2 Å². The first-order chi connectivity index (χ1) is 25.1. The Morgan fingerprint density at radius 2 is 0.902 bits per heavy atom. The predicted octanol–water partition coefficient (Wildman–Crippen LogP) is 12.2. The molecule has 1 heterocycles. The standard InChI is InChI=1S/C48H38N2Si/c1-51(2)46-29-17-27-43-45(50(38-24-13-6-14-25-38)44-28-16-15-26-40(44)35-18-7-3-8-19-35)33-32-42(48(43)46)41-31-30-39(34-47(41)51)49(36-20-9-4-10-21-36)37-22-11-5-12-23-37/h3-34H,1-2H3. The molecule has 0 saturated heterocycles. The first-order valence-electron chi connectivity index (χ1n) is 17.7. The molecule has 8 aromatic rings. The van der Waals surface area contributed by atoms with Crippen LogP contribution in [0.2, 0.25) is 13.1 Å². The zero-order valence-corrected chi connectivity index (χ0v) is 29.9. The van der Waals surface area contributed by atoms with E-state index in [1.54, 1.807) is 0 Å². The summed E-state index contributed by atoms with van der Waals surface area (Å²) in [6.45, 7) is 5.05. The summed E-state index contributed by atoms with van der Waals surface area (Å²) in [6.07, 6.45) is 0. The molecule has 244 valence electrons. The van der Waals surface area contributed by atoms with Crippen LogP contribution in [0.1, 0.15) is 0 Å². The van der Waals surface area contributed by atoms with Gasteiger partial charge >= 0.3 is 0 Å². The lowest BCUT2D eigenvalue weighted by Gasteiger charge is -2.36. The normalized spacial score (nSPS) is 12.7. The largest absolute Gasteiger partial charge is 0.311 e. The zero-order chi connectivity index (χ0) is 34.4. The monoisotopic (exact) mass is 670 g/mol. The van der Waals surface area contributed by atoms with E-state index in [4.69, 9.17) is 0 Å². The molecule has 0 unspecified atom stereocenters. The van der Waals surface area contributed by atoms with Gasteiger partial charge < -0.3 is 9.80 Å². The minimum absolute atomic E-state index is 1.14. The molecule has 1 aliphatic heterocycles. The van der Waals surface area contributed by atoms with E-state index in [2.05, 4.69) is 217 Å². The number of nitrogens with zero attached hydrogens (tertiary/aromatic N) is 2. The maximum absolute atomic E-state index is 2.52. The molecule has 0 radical (unpaired) electrons. The summed E-state index contributed by atoms with van der Waals surface area (Å²) >= 11 is 0. The topological polar surface area (TPSA) is 6.48 Å². The van der Waals surface area contributed by atoms with Crippen LogP contribution in [0.5, 0.6) is 0 Å². The van der Waals surface area contributed by atoms with Gasteiger partial charge in [-0.3, -0.25) is 0 Å². The van der Waals surface area contributed by atoms with E-state index in [0.717, 1.165) is 22.7 Å². The number of benzene rings is 8. The molecule has 0 spiro atoms. The third kappa shape index (κ3) is 5.25. The fourth-order valence-corrected chi connectivity index (χ4v) is 11.1. The van der Waals surface area contributed by atoms with Gasteiger partial charge in [0.15, 0.2) is 0 Å². The predicted molar refractivity (Wildman–Crippen MR) is 221 cm³/mol. The Morgan fingerprint density at radius 1 is 0.353 bits per heavy atom. The Hall–Kier alpha value is -6.16. The molecule has 3 heteroatoms. The molecule has 9 rings (SSSR count). The molecule has 51 heavy (non-hydrogen) atoms. The quantitative estimate of drug-likeness (QED) is 0.156. The van der Waals surface area contributed by atoms with Crippen LogP contribution >= 0.6 is 0 Å². The summed E-state index contributed by atoms with van der Waals surface area (Å²) in [5.74, 6) is 0. The Morgan fingerprint density at radius 3 is 1.55 bits per heavy atom. The van der Waals surface area contributed by atoms with Crippen molar-refractivity contribution in [3.8, 4) is 22.3 Å². The summed E-state index contributed by atoms with van der Waals surface area (Å²) in [5, 5.41) is 5.62. The maximum Gasteiger partial charge on any atom is 0.113 e. The lowest BCUT2D eigenvalue weighted by Crippen LogP contribution is -2.56. The van der Waals surface area contributed by atoms with Gasteiger partial charge in [-0.15, -0.1) is 0 Å². The van der Waals surface area contributed by atoms with Gasteiger partial charge in [-0.05, 0) is 93.1 Å². The van der Waals surface area contributed by atoms with Crippen molar-refractivity contribution in [2.75, 3.05) is 9.80 Å². The van der Waals surface area contributed by atoms with Crippen molar-refractivity contribution in [2.45, 2.75) is 13.1 Å². The smallest absolute Gasteiger partial charge is 0.113 e. The van der Waals surface area contributed by atoms with Crippen LogP contribution in [0.4, 0.5) is 34.1 Å². The van der Waals surface area contributed by atoms with Crippen molar-refractivity contribution in [1.82, 2.24) is 0 Å². The molecule has 0 N–H and O–H groups in total. The van der Waals surface area contributed by atoms with E-state index in [-0.39, 0.29) is 0 Å². The summed E-state index contributed by atoms with van der Waals surface area (Å²) in [6, 6.07) is 70.6. The maximum atomic E-state index is 2.52. The number of hydrogen-bond acceptors (Lipinski definition) is 2. The summed E-state index contributed by atoms with van der Waals surface area (Å²) in [4.78, 5) is 4.84. The summed E-state index contributed by atoms with van der Waals surface area (Å²) < 4.78 is 0. The molecule has 0 aliphatic carbocycles. The molecule has 0 amide bonds. The van der Waals surface area contributed by atoms with Gasteiger partial charge in [-0.2, -0.15) is 0 Å². The van der Waals surface area contributed by atoms with Gasteiger partial charge in [-0.25, -0.2) is 0 Å². The molecule has 0 aromatic heterocycles. The van der Waals surface area contributed by atoms with E-state index in [1.807, 2.05) is 0 Å². The summed E-state index contributed by atoms with van der Waals surface area (Å²) in [5.41, 5.74) is 12.1. The van der Waals surface area contributed by atoms with Gasteiger partial charge in [0.05, 0.1) is 11.4 Å². The van der Waals surface area contributed by atoms with Crippen LogP contribution in [0.3, 0.4) is 0 Å². The second-order valence-corrected chi connectivity index (χ2v) is 18.1. The van der Waals surface area contributed by atoms with Crippen LogP contribution in [0.25, 0.3) is 33.0 Å². The molecule has 2 nitrogen and oxygen atoms in total. The van der Waals surface area contributed by atoms with E-state index in [9.17, 15) is 0 Å². The number of hydrogen-bond donors (Lipinski definition) is 0. The van der Waals surface area contributed by atoms with Crippen molar-refractivity contribution in [3.05, 3.63) is 194 Å². The van der Waals surface area contributed by atoms with Crippen molar-refractivity contribution in [3.63, 3.8) is 0 Å². The zero-order valence-electron chi connectivity index (χ0n) is 28.9. The van der Waals surface area contributed by atoms with E-state index in [0.29, 0.717) is 0 Å². The summed E-state index contributed by atoms with van der Waals surface area (Å²) in [7, 11) is -2.17. The molecule has 0 saturated carbocycles. The lowest BCUT2D eigenvalue weighted by molar-refractivity contribution is 1.28. The number of para-hydroxylation sites is 4. The Labute approximate surface area is 301 Å². The highest BCUT2D eigenvalue weighted by atomic mass is 28.3. The van der Waals surface area contributed by atoms with Gasteiger partial charge in [0.1, 0.15) is 8.07 Å². The number of anilines is 6. The molecule has 0 bridgehead atoms. The van der Waals surface area contributed by atoms with Crippen LogP contribution in [-0.2, 0) is 0 Å². The van der Waals surface area contributed by atoms with Gasteiger partial charge in [0.25, 0.3) is 0 Å². The highest BCUT2D eigenvalue weighted by Crippen LogP contribution is 2.46. The minimum atomic E-state index is -2.17. The second kappa shape index (κ2) is 12.6. The van der Waals surface area contributed by atoms with Crippen molar-refractivity contribution in [2.24, 2.45) is 0 Å². The third-order valence-electron chi connectivity index (χ3n) is 10.4. The van der Waals surface area contributed by atoms with Gasteiger partial charge in [-0.1, -0.05) is 147 Å². The highest BCUT2D eigenvalue weighted by molar-refractivity contribution is 7.03. The van der Waals surface area contributed by atoms with E-state index in [1.165, 1.54) is 54.8 Å². The van der Waals surface area contributed by atoms with Crippen molar-refractivity contribution in [1.29, 1.82) is 0 Å². The van der Waals surface area contributed by atoms with Crippen molar-refractivity contribution < 1.29 is 0 Å². The first kappa shape index (κ1) is 30.9. The fraction of sp³-hybridized carbons (Fsp3) is 0.0417. The van der Waals surface area contributed by atoms with E-state index < -0.39 is 8.07 Å². The van der Waals surface area contributed by atoms with Crippen LogP contribution in [0, 0.1) is 0 Å². The molecular weight excluding hydrogens is 633 g/mol. The highest BCUT2D eigenvalue weighted by Gasteiger charge is 2.37. The average molecular weight is 671 g/mol. The van der Waals surface area contributed by atoms with Crippen LogP contribution in [-0.4, -0.2) is 8.07 Å². The lowest BCUT2D eigenvalue weighted by atomic mass is 9.94. The molecule has 0 atom stereocenters. The van der Waals surface area contributed by atoms with Gasteiger partial charge in [0.2, 0.25) is 0 Å². The number of rotatable bonds is 7. The Kier molecular flexibility index (Phi) is 7.64. The van der Waals surface area contributed by atoms with Crippen molar-refractivity contribution >= 4 is 63.3 Å². The Bertz CT molecular complexity index is 2450. The van der Waals surface area contributed by atoms with E-state index >= 15 is 0 Å². The van der Waals surface area contributed by atoms with Crippen LogP contribution in [0.15, 0.2) is 194 Å². The third-order valence-corrected chi connectivity index (χ3v) is 14.0. The molecule has 8 aromatic carbocycles. The SMILES string of the molecule is C[Si]1(C)c2cc(N(c3ccccc3)c3ccccc3)ccc2-c2ccc(N(c3ccccc3)c3ccccc3-c3ccccc3)c3cccc1c23. The van der Waals surface area contributed by atoms with Gasteiger partial charge in [0, 0.05) is 33.7 Å².